The first-order valence-electron chi connectivity index (χ1n) is 12.5. The first-order chi connectivity index (χ1) is 18.6. The van der Waals surface area contributed by atoms with E-state index in [0.29, 0.717) is 31.7 Å². The number of rotatable bonds is 8. The molecule has 2 aliphatic rings. The van der Waals surface area contributed by atoms with Crippen molar-refractivity contribution in [3.63, 3.8) is 0 Å². The summed E-state index contributed by atoms with van der Waals surface area (Å²) in [5, 5.41) is 42.9. The molecule has 4 unspecified atom stereocenters. The van der Waals surface area contributed by atoms with Gasteiger partial charge in [0.1, 0.15) is 17.4 Å². The molecule has 0 spiro atoms. The number of aliphatic hydroxyl groups excluding tert-OH is 3. The van der Waals surface area contributed by atoms with Crippen LogP contribution in [0.3, 0.4) is 0 Å². The lowest BCUT2D eigenvalue weighted by molar-refractivity contribution is -0.399. The highest BCUT2D eigenvalue weighted by Gasteiger charge is 2.51. The zero-order chi connectivity index (χ0) is 28.2. The number of carbonyl (C=O) groups excluding carboxylic acids is 2. The van der Waals surface area contributed by atoms with E-state index in [4.69, 9.17) is 9.47 Å². The second kappa shape index (κ2) is 12.2. The van der Waals surface area contributed by atoms with Crippen molar-refractivity contribution in [2.24, 2.45) is 5.92 Å². The predicted molar refractivity (Wildman–Crippen MR) is 132 cm³/mol. The van der Waals surface area contributed by atoms with Gasteiger partial charge in [-0.3, -0.25) is 9.59 Å². The molecular weight excluding hydrogens is 520 g/mol. The van der Waals surface area contributed by atoms with Crippen LogP contribution >= 0.6 is 0 Å². The van der Waals surface area contributed by atoms with Gasteiger partial charge in [0.05, 0.1) is 38.0 Å². The molecule has 2 fully saturated rings. The Morgan fingerprint density at radius 3 is 2.51 bits per heavy atom. The summed E-state index contributed by atoms with van der Waals surface area (Å²) in [4.78, 5) is 28.5. The third-order valence-electron chi connectivity index (χ3n) is 6.82. The molecule has 11 nitrogen and oxygen atoms in total. The second-order valence-electron chi connectivity index (χ2n) is 9.45. The zero-order valence-corrected chi connectivity index (χ0v) is 21.0. The predicted octanol–water partition coefficient (Wildman–Crippen LogP) is -0.642. The van der Waals surface area contributed by atoms with Gasteiger partial charge in [0.25, 0.3) is 0 Å². The molecule has 2 aliphatic heterocycles. The minimum Gasteiger partial charge on any atom is -0.437 e. The third kappa shape index (κ3) is 6.62. The summed E-state index contributed by atoms with van der Waals surface area (Å²) in [6, 6.07) is 9.54. The van der Waals surface area contributed by atoms with Crippen LogP contribution < -0.4 is 15.0 Å². The number of benzene rings is 2. The Labute approximate surface area is 223 Å². The zero-order valence-electron chi connectivity index (χ0n) is 21.0. The largest absolute Gasteiger partial charge is 0.437 e. The molecule has 0 aromatic heterocycles. The van der Waals surface area contributed by atoms with Gasteiger partial charge in [-0.1, -0.05) is 18.2 Å². The first kappa shape index (κ1) is 28.6. The van der Waals surface area contributed by atoms with Crippen molar-refractivity contribution < 1.29 is 48.3 Å². The van der Waals surface area contributed by atoms with Crippen LogP contribution in [0.15, 0.2) is 42.5 Å². The maximum Gasteiger partial charge on any atom is 0.354 e. The fourth-order valence-corrected chi connectivity index (χ4v) is 4.50. The highest BCUT2D eigenvalue weighted by molar-refractivity contribution is 5.86. The summed E-state index contributed by atoms with van der Waals surface area (Å²) in [7, 11) is 0. The molecule has 39 heavy (non-hydrogen) atoms. The lowest BCUT2D eigenvalue weighted by Gasteiger charge is -2.42. The summed E-state index contributed by atoms with van der Waals surface area (Å²) >= 11 is 0. The van der Waals surface area contributed by atoms with Crippen LogP contribution in [0.4, 0.5) is 14.5 Å². The molecule has 2 heterocycles. The van der Waals surface area contributed by atoms with Gasteiger partial charge in [-0.2, -0.15) is 0 Å². The molecule has 0 bridgehead atoms. The van der Waals surface area contributed by atoms with E-state index in [-0.39, 0.29) is 36.9 Å². The molecule has 5 N–H and O–H groups in total. The number of para-hydroxylation sites is 1. The van der Waals surface area contributed by atoms with Gasteiger partial charge in [0.15, 0.2) is 6.10 Å². The molecule has 13 heteroatoms. The van der Waals surface area contributed by atoms with Crippen molar-refractivity contribution in [1.29, 1.82) is 0 Å². The van der Waals surface area contributed by atoms with E-state index in [1.54, 1.807) is 23.1 Å². The van der Waals surface area contributed by atoms with Gasteiger partial charge < -0.3 is 45.0 Å². The van der Waals surface area contributed by atoms with Crippen LogP contribution in [-0.2, 0) is 20.7 Å². The van der Waals surface area contributed by atoms with Gasteiger partial charge in [-0.15, -0.1) is 0 Å². The van der Waals surface area contributed by atoms with Crippen LogP contribution in [0.25, 0.3) is 0 Å². The number of aliphatic hydroxyl groups is 4. The van der Waals surface area contributed by atoms with Crippen LogP contribution in [0, 0.1) is 17.6 Å². The third-order valence-corrected chi connectivity index (χ3v) is 6.82. The van der Waals surface area contributed by atoms with Crippen molar-refractivity contribution >= 4 is 17.5 Å². The fourth-order valence-electron chi connectivity index (χ4n) is 4.50. The molecule has 2 aromatic rings. The van der Waals surface area contributed by atoms with Crippen molar-refractivity contribution in [2.45, 2.75) is 24.6 Å². The molecular formula is C26H31F2N3O8. The molecule has 2 amide bonds. The molecule has 212 valence electrons. The second-order valence-corrected chi connectivity index (χ2v) is 9.45. The Morgan fingerprint density at radius 1 is 1.10 bits per heavy atom. The number of nitrogens with zero attached hydrogens (tertiary/aromatic N) is 2. The maximum absolute atomic E-state index is 14.1. The lowest BCUT2D eigenvalue weighted by Crippen LogP contribution is -2.62. The maximum atomic E-state index is 14.1. The molecule has 2 aromatic carbocycles. The normalized spacial score (nSPS) is 25.3. The van der Waals surface area contributed by atoms with Crippen molar-refractivity contribution in [3.8, 4) is 5.75 Å². The molecule has 4 rings (SSSR count). The summed E-state index contributed by atoms with van der Waals surface area (Å²) < 4.78 is 37.9. The molecule has 0 saturated carbocycles. The Balaban J connectivity index is 1.28. The smallest absolute Gasteiger partial charge is 0.354 e. The summed E-state index contributed by atoms with van der Waals surface area (Å²) in [5.74, 6) is -5.58. The topological polar surface area (TPSA) is 152 Å². The number of ether oxygens (including phenoxy) is 2. The minimum atomic E-state index is -2.60. The Morgan fingerprint density at radius 2 is 1.82 bits per heavy atom. The summed E-state index contributed by atoms with van der Waals surface area (Å²) in [6.45, 7) is 0.274. The van der Waals surface area contributed by atoms with Gasteiger partial charge in [-0.05, 0) is 18.2 Å². The van der Waals surface area contributed by atoms with E-state index in [1.165, 1.54) is 23.1 Å². The first-order valence-corrected chi connectivity index (χ1v) is 12.5. The number of carbonyl (C=O) groups is 2. The molecule has 0 radical (unpaired) electrons. The van der Waals surface area contributed by atoms with Gasteiger partial charge >= 0.3 is 5.97 Å². The van der Waals surface area contributed by atoms with Crippen LogP contribution in [-0.4, -0.2) is 101 Å². The highest BCUT2D eigenvalue weighted by Crippen LogP contribution is 2.31. The van der Waals surface area contributed by atoms with Gasteiger partial charge in [0, 0.05) is 43.7 Å². The average Bonchev–Trinajstić information content (AvgIpc) is 2.92. The van der Waals surface area contributed by atoms with E-state index >= 15 is 0 Å². The van der Waals surface area contributed by atoms with Crippen molar-refractivity contribution in [3.05, 3.63) is 59.7 Å². The fraction of sp³-hybridized carbons (Fsp3) is 0.462. The molecule has 2 saturated heterocycles. The quantitative estimate of drug-likeness (QED) is 0.270. The van der Waals surface area contributed by atoms with Crippen LogP contribution in [0.5, 0.6) is 5.75 Å². The number of hydrogen-bond donors (Lipinski definition) is 5. The Bertz CT molecular complexity index is 1180. The average molecular weight is 552 g/mol. The molecule has 4 atom stereocenters. The van der Waals surface area contributed by atoms with E-state index < -0.39 is 48.2 Å². The van der Waals surface area contributed by atoms with Gasteiger partial charge in [0.2, 0.25) is 11.8 Å². The molecule has 0 aliphatic carbocycles. The number of halogens is 2. The Hall–Kier alpha value is -3.36. The number of hydrogen-bond acceptors (Lipinski definition) is 9. The van der Waals surface area contributed by atoms with Crippen molar-refractivity contribution in [2.75, 3.05) is 50.8 Å². The van der Waals surface area contributed by atoms with Crippen LogP contribution in [0.2, 0.25) is 0 Å². The minimum absolute atomic E-state index is 0.0133. The van der Waals surface area contributed by atoms with E-state index in [2.05, 4.69) is 5.32 Å². The highest BCUT2D eigenvalue weighted by atomic mass is 19.1. The van der Waals surface area contributed by atoms with E-state index in [0.717, 1.165) is 6.07 Å². The number of anilines is 1. The summed E-state index contributed by atoms with van der Waals surface area (Å²) in [6.07, 6.45) is -3.62. The summed E-state index contributed by atoms with van der Waals surface area (Å²) in [5.41, 5.74) is 0.580. The Kier molecular flexibility index (Phi) is 8.97. The van der Waals surface area contributed by atoms with Crippen LogP contribution in [0.1, 0.15) is 5.56 Å². The lowest BCUT2D eigenvalue weighted by atomic mass is 9.95. The SMILES string of the molecule is O=C(Cc1ccccc1OC1(O)OCC(CO)C(O)C1O)NCC(=O)N1CCN(c2ccc(F)cc2F)CC1. The van der Waals surface area contributed by atoms with Crippen molar-refractivity contribution in [1.82, 2.24) is 10.2 Å². The standard InChI is InChI=1S/C26H31F2N3O8/c27-18-5-6-20(19(28)12-18)30-7-9-31(10-8-30)23(34)13-29-22(33)11-16-3-1-2-4-21(16)39-26(37)25(36)24(35)17(14-32)15-38-26/h1-6,12,17,24-25,32,35-37H,7-11,13-15H2,(H,29,33). The van der Waals surface area contributed by atoms with E-state index in [9.17, 15) is 38.8 Å². The van der Waals surface area contributed by atoms with E-state index in [1.807, 2.05) is 0 Å². The number of nitrogens with one attached hydrogen (secondary N) is 1. The van der Waals surface area contributed by atoms with Gasteiger partial charge in [-0.25, -0.2) is 8.78 Å². The number of amides is 2. The monoisotopic (exact) mass is 551 g/mol. The number of piperazine rings is 1.